The predicted octanol–water partition coefficient (Wildman–Crippen LogP) is 4.75. The zero-order valence-corrected chi connectivity index (χ0v) is 14.1. The number of nitrogens with zero attached hydrogens (tertiary/aromatic N) is 2. The van der Waals surface area contributed by atoms with Crippen LogP contribution in [0.15, 0.2) is 54.7 Å². The van der Waals surface area contributed by atoms with Crippen LogP contribution in [0.1, 0.15) is 39.5 Å². The lowest BCUT2D eigenvalue weighted by atomic mass is 9.82. The molecule has 0 saturated carbocycles. The minimum Gasteiger partial charge on any atom is -0.294 e. The second-order valence-corrected chi connectivity index (χ2v) is 6.77. The number of rotatable bonds is 2. The summed E-state index contributed by atoms with van der Waals surface area (Å²) in [5.74, 6) is 0.331. The quantitative estimate of drug-likeness (QED) is 0.677. The molecule has 4 heteroatoms. The van der Waals surface area contributed by atoms with Crippen LogP contribution >= 0.6 is 11.6 Å². The summed E-state index contributed by atoms with van der Waals surface area (Å²) in [5.41, 5.74) is 5.07. The molecule has 0 radical (unpaired) electrons. The Morgan fingerprint density at radius 1 is 1.12 bits per heavy atom. The third-order valence-corrected chi connectivity index (χ3v) is 4.88. The molecule has 1 unspecified atom stereocenters. The van der Waals surface area contributed by atoms with Crippen LogP contribution in [0.2, 0.25) is 5.02 Å². The summed E-state index contributed by atoms with van der Waals surface area (Å²) in [6.07, 6.45) is 3.03. The van der Waals surface area contributed by atoms with E-state index in [1.54, 1.807) is 6.20 Å². The average Bonchev–Trinajstić information content (AvgIpc) is 3.00. The Morgan fingerprint density at radius 2 is 1.92 bits per heavy atom. The Morgan fingerprint density at radius 3 is 2.67 bits per heavy atom. The van der Waals surface area contributed by atoms with Crippen molar-refractivity contribution in [3.05, 3.63) is 82.1 Å². The van der Waals surface area contributed by atoms with Gasteiger partial charge in [-0.05, 0) is 54.7 Å². The van der Waals surface area contributed by atoms with E-state index in [4.69, 9.17) is 11.6 Å². The van der Waals surface area contributed by atoms with Gasteiger partial charge in [-0.1, -0.05) is 35.9 Å². The Kier molecular flexibility index (Phi) is 3.73. The highest BCUT2D eigenvalue weighted by molar-refractivity contribution is 6.30. The van der Waals surface area contributed by atoms with E-state index in [1.165, 1.54) is 5.56 Å². The Hall–Kier alpha value is -2.39. The number of benzene rings is 2. The first-order chi connectivity index (χ1) is 11.6. The highest BCUT2D eigenvalue weighted by Gasteiger charge is 2.30. The SMILES string of the molecule is Cc1cccc(-n2ncc3c2CC(c2ccc(Cl)cc2)CC3=O)c1. The topological polar surface area (TPSA) is 34.9 Å². The monoisotopic (exact) mass is 336 g/mol. The lowest BCUT2D eigenvalue weighted by molar-refractivity contribution is 0.0964. The van der Waals surface area contributed by atoms with Crippen LogP contribution in [0, 0.1) is 6.92 Å². The zero-order chi connectivity index (χ0) is 16.7. The van der Waals surface area contributed by atoms with Gasteiger partial charge in [-0.15, -0.1) is 0 Å². The maximum atomic E-state index is 12.6. The van der Waals surface area contributed by atoms with Gasteiger partial charge in [0.15, 0.2) is 5.78 Å². The van der Waals surface area contributed by atoms with Gasteiger partial charge in [0.25, 0.3) is 0 Å². The van der Waals surface area contributed by atoms with Crippen molar-refractivity contribution >= 4 is 17.4 Å². The van der Waals surface area contributed by atoms with Gasteiger partial charge < -0.3 is 0 Å². The smallest absolute Gasteiger partial charge is 0.166 e. The van der Waals surface area contributed by atoms with E-state index < -0.39 is 0 Å². The van der Waals surface area contributed by atoms with Crippen LogP contribution in [0.3, 0.4) is 0 Å². The molecule has 120 valence electrons. The molecule has 0 aliphatic heterocycles. The van der Waals surface area contributed by atoms with Crippen LogP contribution in [0.25, 0.3) is 5.69 Å². The lowest BCUT2D eigenvalue weighted by Crippen LogP contribution is -2.20. The van der Waals surface area contributed by atoms with Crippen molar-refractivity contribution in [3.63, 3.8) is 0 Å². The molecule has 0 bridgehead atoms. The Bertz CT molecular complexity index is 912. The maximum Gasteiger partial charge on any atom is 0.166 e. The minimum atomic E-state index is 0.162. The number of aromatic nitrogens is 2. The van der Waals surface area contributed by atoms with Crippen molar-refractivity contribution in [2.24, 2.45) is 0 Å². The first-order valence-electron chi connectivity index (χ1n) is 8.04. The van der Waals surface area contributed by atoms with Crippen LogP contribution in [-0.2, 0) is 6.42 Å². The highest BCUT2D eigenvalue weighted by Crippen LogP contribution is 2.34. The number of fused-ring (bicyclic) bond motifs is 1. The molecule has 3 nitrogen and oxygen atoms in total. The van der Waals surface area contributed by atoms with Crippen LogP contribution in [0.5, 0.6) is 0 Å². The molecule has 2 aromatic carbocycles. The Balaban J connectivity index is 1.75. The predicted molar refractivity (Wildman–Crippen MR) is 95.1 cm³/mol. The third kappa shape index (κ3) is 2.65. The highest BCUT2D eigenvalue weighted by atomic mass is 35.5. The van der Waals surface area contributed by atoms with Gasteiger partial charge in [0.2, 0.25) is 0 Å². The first kappa shape index (κ1) is 15.2. The van der Waals surface area contributed by atoms with E-state index in [2.05, 4.69) is 24.2 Å². The van der Waals surface area contributed by atoms with Gasteiger partial charge in [0.1, 0.15) is 0 Å². The molecular formula is C20H17ClN2O. The second kappa shape index (κ2) is 5.91. The molecule has 1 aliphatic rings. The minimum absolute atomic E-state index is 0.162. The number of carbonyl (C=O) groups excluding carboxylic acids is 1. The summed E-state index contributed by atoms with van der Waals surface area (Å²) in [4.78, 5) is 12.6. The normalized spacial score (nSPS) is 16.9. The van der Waals surface area contributed by atoms with Crippen molar-refractivity contribution in [2.75, 3.05) is 0 Å². The van der Waals surface area contributed by atoms with E-state index >= 15 is 0 Å². The molecule has 24 heavy (non-hydrogen) atoms. The summed E-state index contributed by atoms with van der Waals surface area (Å²) in [6.45, 7) is 2.06. The molecule has 1 heterocycles. The van der Waals surface area contributed by atoms with E-state index in [-0.39, 0.29) is 11.7 Å². The number of ketones is 1. The summed E-state index contributed by atoms with van der Waals surface area (Å²) in [5, 5.41) is 5.19. The van der Waals surface area contributed by atoms with Crippen molar-refractivity contribution in [1.29, 1.82) is 0 Å². The van der Waals surface area contributed by atoms with Gasteiger partial charge in [0.05, 0.1) is 23.1 Å². The van der Waals surface area contributed by atoms with E-state index in [1.807, 2.05) is 41.1 Å². The van der Waals surface area contributed by atoms with Crippen LogP contribution in [0.4, 0.5) is 0 Å². The fourth-order valence-corrected chi connectivity index (χ4v) is 3.52. The lowest BCUT2D eigenvalue weighted by Gasteiger charge is -2.23. The molecule has 0 saturated heterocycles. The molecule has 0 fully saturated rings. The van der Waals surface area contributed by atoms with Crippen LogP contribution in [-0.4, -0.2) is 15.6 Å². The van der Waals surface area contributed by atoms with E-state index in [9.17, 15) is 4.79 Å². The number of carbonyl (C=O) groups is 1. The van der Waals surface area contributed by atoms with Gasteiger partial charge >= 0.3 is 0 Å². The largest absolute Gasteiger partial charge is 0.294 e. The number of hydrogen-bond acceptors (Lipinski definition) is 2. The number of Topliss-reactive ketones (excluding diaryl/α,β-unsaturated/α-hetero) is 1. The number of aryl methyl sites for hydroxylation is 1. The summed E-state index contributed by atoms with van der Waals surface area (Å²) >= 11 is 5.98. The van der Waals surface area contributed by atoms with Gasteiger partial charge in [-0.3, -0.25) is 4.79 Å². The van der Waals surface area contributed by atoms with Crippen molar-refractivity contribution in [2.45, 2.75) is 25.7 Å². The maximum absolute atomic E-state index is 12.6. The Labute approximate surface area is 145 Å². The van der Waals surface area contributed by atoms with E-state index in [0.29, 0.717) is 11.4 Å². The fraction of sp³-hybridized carbons (Fsp3) is 0.200. The third-order valence-electron chi connectivity index (χ3n) is 4.63. The van der Waals surface area contributed by atoms with Gasteiger partial charge in [0, 0.05) is 11.4 Å². The standard InChI is InChI=1S/C20H17ClN2O/c1-13-3-2-4-17(9-13)23-19-10-15(11-20(24)18(19)12-22-23)14-5-7-16(21)8-6-14/h2-9,12,15H,10-11H2,1H3. The van der Waals surface area contributed by atoms with Crippen molar-refractivity contribution < 1.29 is 4.79 Å². The molecular weight excluding hydrogens is 320 g/mol. The summed E-state index contributed by atoms with van der Waals surface area (Å²) in [7, 11) is 0. The molecule has 0 N–H and O–H groups in total. The molecule has 0 amide bonds. The zero-order valence-electron chi connectivity index (χ0n) is 13.4. The van der Waals surface area contributed by atoms with Crippen molar-refractivity contribution in [1.82, 2.24) is 9.78 Å². The summed E-state index contributed by atoms with van der Waals surface area (Å²) in [6, 6.07) is 16.0. The fourth-order valence-electron chi connectivity index (χ4n) is 3.40. The number of halogens is 1. The molecule has 0 spiro atoms. The van der Waals surface area contributed by atoms with Crippen molar-refractivity contribution in [3.8, 4) is 5.69 Å². The summed E-state index contributed by atoms with van der Waals surface area (Å²) < 4.78 is 1.91. The van der Waals surface area contributed by atoms with Gasteiger partial charge in [-0.25, -0.2) is 4.68 Å². The molecule has 4 rings (SSSR count). The van der Waals surface area contributed by atoms with E-state index in [0.717, 1.165) is 28.9 Å². The number of hydrogen-bond donors (Lipinski definition) is 0. The molecule has 1 aromatic heterocycles. The molecule has 3 aromatic rings. The second-order valence-electron chi connectivity index (χ2n) is 6.34. The van der Waals surface area contributed by atoms with Crippen LogP contribution < -0.4 is 0 Å². The molecule has 1 aliphatic carbocycles. The average molecular weight is 337 g/mol. The first-order valence-corrected chi connectivity index (χ1v) is 8.42. The van der Waals surface area contributed by atoms with Gasteiger partial charge in [-0.2, -0.15) is 5.10 Å². The molecule has 1 atom stereocenters.